The van der Waals surface area contributed by atoms with Crippen LogP contribution in [-0.4, -0.2) is 22.5 Å². The number of benzene rings is 1. The van der Waals surface area contributed by atoms with Crippen molar-refractivity contribution in [3.63, 3.8) is 0 Å². The minimum atomic E-state index is -0.415. The SMILES string of the molecule is CCOC(=O)c1cnc2nc(C)ccc2c1Nc1ccccc1Br. The molecule has 0 fully saturated rings. The van der Waals surface area contributed by atoms with E-state index in [9.17, 15) is 4.79 Å². The van der Waals surface area contributed by atoms with Gasteiger partial charge in [-0.3, -0.25) is 0 Å². The van der Waals surface area contributed by atoms with Crippen molar-refractivity contribution in [2.45, 2.75) is 13.8 Å². The molecule has 2 aromatic heterocycles. The van der Waals surface area contributed by atoms with Crippen molar-refractivity contribution in [1.29, 1.82) is 0 Å². The first kappa shape index (κ1) is 16.4. The highest BCUT2D eigenvalue weighted by Crippen LogP contribution is 2.32. The number of hydrogen-bond donors (Lipinski definition) is 1. The van der Waals surface area contributed by atoms with Crippen molar-refractivity contribution < 1.29 is 9.53 Å². The summed E-state index contributed by atoms with van der Waals surface area (Å²) in [6.45, 7) is 3.98. The molecule has 24 heavy (non-hydrogen) atoms. The quantitative estimate of drug-likeness (QED) is 0.663. The zero-order valence-corrected chi connectivity index (χ0v) is 14.9. The molecular weight excluding hydrogens is 370 g/mol. The number of nitrogens with zero attached hydrogens (tertiary/aromatic N) is 2. The number of nitrogens with one attached hydrogen (secondary N) is 1. The van der Waals surface area contributed by atoms with Crippen LogP contribution in [0.5, 0.6) is 0 Å². The summed E-state index contributed by atoms with van der Waals surface area (Å²) in [4.78, 5) is 21.1. The number of ether oxygens (including phenoxy) is 1. The summed E-state index contributed by atoms with van der Waals surface area (Å²) in [5.41, 5.74) is 3.31. The lowest BCUT2D eigenvalue weighted by Crippen LogP contribution is -2.10. The molecule has 3 rings (SSSR count). The maximum Gasteiger partial charge on any atom is 0.341 e. The number of anilines is 2. The van der Waals surface area contributed by atoms with Gasteiger partial charge in [-0.1, -0.05) is 12.1 Å². The van der Waals surface area contributed by atoms with Crippen LogP contribution in [-0.2, 0) is 4.74 Å². The van der Waals surface area contributed by atoms with Gasteiger partial charge < -0.3 is 10.1 Å². The average molecular weight is 386 g/mol. The molecule has 0 radical (unpaired) electrons. The number of pyridine rings is 2. The Kier molecular flexibility index (Phi) is 4.76. The Hall–Kier alpha value is -2.47. The van der Waals surface area contributed by atoms with Gasteiger partial charge in [0.25, 0.3) is 0 Å². The second kappa shape index (κ2) is 6.97. The second-order valence-electron chi connectivity index (χ2n) is 5.20. The molecule has 0 atom stereocenters. The maximum absolute atomic E-state index is 12.3. The van der Waals surface area contributed by atoms with E-state index in [0.29, 0.717) is 23.5 Å². The highest BCUT2D eigenvalue weighted by Gasteiger charge is 2.18. The van der Waals surface area contributed by atoms with E-state index in [1.807, 2.05) is 43.3 Å². The summed E-state index contributed by atoms with van der Waals surface area (Å²) >= 11 is 3.51. The zero-order valence-electron chi connectivity index (χ0n) is 13.3. The van der Waals surface area contributed by atoms with Crippen LogP contribution in [0.3, 0.4) is 0 Å². The topological polar surface area (TPSA) is 64.1 Å². The number of fused-ring (bicyclic) bond motifs is 1. The average Bonchev–Trinajstić information content (AvgIpc) is 2.57. The predicted molar refractivity (Wildman–Crippen MR) is 97.7 cm³/mol. The number of para-hydroxylation sites is 1. The van der Waals surface area contributed by atoms with E-state index in [1.165, 1.54) is 6.20 Å². The standard InChI is InChI=1S/C18H16BrN3O2/c1-3-24-18(23)13-10-20-17-12(9-8-11(2)21-17)16(13)22-15-7-5-4-6-14(15)19/h4-10H,3H2,1-2H3,(H,20,21,22). The van der Waals surface area contributed by atoms with E-state index >= 15 is 0 Å². The number of carbonyl (C=O) groups is 1. The van der Waals surface area contributed by atoms with Gasteiger partial charge >= 0.3 is 5.97 Å². The number of aromatic nitrogens is 2. The third-order valence-corrected chi connectivity index (χ3v) is 4.19. The number of halogens is 1. The third kappa shape index (κ3) is 3.23. The molecule has 0 bridgehead atoms. The van der Waals surface area contributed by atoms with Crippen LogP contribution in [0.1, 0.15) is 23.0 Å². The first-order chi connectivity index (χ1) is 11.6. The molecule has 0 aliphatic heterocycles. The van der Waals surface area contributed by atoms with Gasteiger partial charge in [0.2, 0.25) is 0 Å². The second-order valence-corrected chi connectivity index (χ2v) is 6.05. The summed E-state index contributed by atoms with van der Waals surface area (Å²) < 4.78 is 6.05. The van der Waals surface area contributed by atoms with E-state index in [0.717, 1.165) is 21.2 Å². The monoisotopic (exact) mass is 385 g/mol. The zero-order chi connectivity index (χ0) is 17.1. The van der Waals surface area contributed by atoms with Crippen LogP contribution in [0.15, 0.2) is 47.1 Å². The largest absolute Gasteiger partial charge is 0.462 e. The van der Waals surface area contributed by atoms with Gasteiger partial charge in [0.1, 0.15) is 5.56 Å². The number of rotatable bonds is 4. The summed E-state index contributed by atoms with van der Waals surface area (Å²) in [6.07, 6.45) is 1.51. The van der Waals surface area contributed by atoms with Crippen LogP contribution in [0.25, 0.3) is 11.0 Å². The predicted octanol–water partition coefficient (Wildman–Crippen LogP) is 4.62. The molecule has 0 aliphatic carbocycles. The lowest BCUT2D eigenvalue weighted by molar-refractivity contribution is 0.0527. The van der Waals surface area contributed by atoms with Crippen LogP contribution in [0, 0.1) is 6.92 Å². The Labute approximate surface area is 148 Å². The fraction of sp³-hybridized carbons (Fsp3) is 0.167. The fourth-order valence-electron chi connectivity index (χ4n) is 2.37. The summed E-state index contributed by atoms with van der Waals surface area (Å²) in [7, 11) is 0. The Morgan fingerprint density at radius 3 is 2.79 bits per heavy atom. The van der Waals surface area contributed by atoms with E-state index in [-0.39, 0.29) is 0 Å². The minimum absolute atomic E-state index is 0.303. The van der Waals surface area contributed by atoms with Gasteiger partial charge in [0, 0.05) is 21.7 Å². The van der Waals surface area contributed by atoms with Gasteiger partial charge in [-0.15, -0.1) is 0 Å². The van der Waals surface area contributed by atoms with Gasteiger partial charge in [-0.25, -0.2) is 14.8 Å². The summed E-state index contributed by atoms with van der Waals surface area (Å²) in [5.74, 6) is -0.415. The number of hydrogen-bond acceptors (Lipinski definition) is 5. The van der Waals surface area contributed by atoms with E-state index in [2.05, 4.69) is 31.2 Å². The molecule has 0 unspecified atom stereocenters. The third-order valence-electron chi connectivity index (χ3n) is 3.50. The van der Waals surface area contributed by atoms with Crippen molar-refractivity contribution in [3.8, 4) is 0 Å². The van der Waals surface area contributed by atoms with Crippen LogP contribution >= 0.6 is 15.9 Å². The molecule has 6 heteroatoms. The molecule has 3 aromatic rings. The van der Waals surface area contributed by atoms with Gasteiger partial charge in [0.05, 0.1) is 18.0 Å². The molecule has 0 aliphatic rings. The molecule has 1 N–H and O–H groups in total. The molecule has 5 nitrogen and oxygen atoms in total. The molecule has 1 aromatic carbocycles. The Morgan fingerprint density at radius 2 is 2.04 bits per heavy atom. The summed E-state index contributed by atoms with van der Waals surface area (Å²) in [6, 6.07) is 11.5. The van der Waals surface area contributed by atoms with Crippen molar-refractivity contribution in [1.82, 2.24) is 9.97 Å². The highest BCUT2D eigenvalue weighted by atomic mass is 79.9. The molecular formula is C18H16BrN3O2. The molecule has 0 amide bonds. The smallest absolute Gasteiger partial charge is 0.341 e. The Bertz CT molecular complexity index is 912. The minimum Gasteiger partial charge on any atom is -0.462 e. The lowest BCUT2D eigenvalue weighted by Gasteiger charge is -2.15. The van der Waals surface area contributed by atoms with Crippen molar-refractivity contribution >= 4 is 44.3 Å². The van der Waals surface area contributed by atoms with Crippen molar-refractivity contribution in [3.05, 3.63) is 58.3 Å². The molecule has 2 heterocycles. The molecule has 0 saturated heterocycles. The van der Waals surface area contributed by atoms with Gasteiger partial charge in [0.15, 0.2) is 5.65 Å². The summed E-state index contributed by atoms with van der Waals surface area (Å²) in [5, 5.41) is 4.08. The first-order valence-corrected chi connectivity index (χ1v) is 8.34. The molecule has 122 valence electrons. The van der Waals surface area contributed by atoms with E-state index < -0.39 is 5.97 Å². The lowest BCUT2D eigenvalue weighted by atomic mass is 10.1. The maximum atomic E-state index is 12.3. The van der Waals surface area contributed by atoms with Crippen LogP contribution in [0.4, 0.5) is 11.4 Å². The molecule has 0 spiro atoms. The fourth-order valence-corrected chi connectivity index (χ4v) is 2.75. The molecule has 0 saturated carbocycles. The van der Waals surface area contributed by atoms with Crippen LogP contribution < -0.4 is 5.32 Å². The van der Waals surface area contributed by atoms with Crippen molar-refractivity contribution in [2.75, 3.05) is 11.9 Å². The van der Waals surface area contributed by atoms with Gasteiger partial charge in [-0.2, -0.15) is 0 Å². The van der Waals surface area contributed by atoms with Gasteiger partial charge in [-0.05, 0) is 54.0 Å². The number of esters is 1. The van der Waals surface area contributed by atoms with E-state index in [1.54, 1.807) is 6.92 Å². The Balaban J connectivity index is 2.18. The first-order valence-electron chi connectivity index (χ1n) is 7.55. The highest BCUT2D eigenvalue weighted by molar-refractivity contribution is 9.10. The number of aryl methyl sites for hydroxylation is 1. The van der Waals surface area contributed by atoms with Crippen LogP contribution in [0.2, 0.25) is 0 Å². The Morgan fingerprint density at radius 1 is 1.25 bits per heavy atom. The van der Waals surface area contributed by atoms with Crippen molar-refractivity contribution in [2.24, 2.45) is 0 Å². The normalized spacial score (nSPS) is 10.6. The number of carbonyl (C=O) groups excluding carboxylic acids is 1. The van der Waals surface area contributed by atoms with E-state index in [4.69, 9.17) is 4.74 Å².